The van der Waals surface area contributed by atoms with Crippen LogP contribution in [0.2, 0.25) is 0 Å². The van der Waals surface area contributed by atoms with Gasteiger partial charge >= 0.3 is 0 Å². The van der Waals surface area contributed by atoms with Crippen LogP contribution in [-0.2, 0) is 0 Å². The summed E-state index contributed by atoms with van der Waals surface area (Å²) in [7, 11) is 4.37. The summed E-state index contributed by atoms with van der Waals surface area (Å²) in [6, 6.07) is 0.711. The van der Waals surface area contributed by atoms with Gasteiger partial charge in [-0.25, -0.2) is 0 Å². The van der Waals surface area contributed by atoms with E-state index in [2.05, 4.69) is 31.2 Å². The standard InChI is InChI=1S/C16H34N2O/c1-4-14-8-9-16(17-2)15(12-14)13-18(3)10-6-5-7-11-19/h14-17,19H,4-13H2,1-3H3. The molecule has 3 nitrogen and oxygen atoms in total. The fraction of sp³-hybridized carbons (Fsp3) is 1.00. The van der Waals surface area contributed by atoms with Gasteiger partial charge in [-0.3, -0.25) is 0 Å². The van der Waals surface area contributed by atoms with Crippen LogP contribution in [0.5, 0.6) is 0 Å². The van der Waals surface area contributed by atoms with Crippen molar-refractivity contribution in [2.24, 2.45) is 11.8 Å². The van der Waals surface area contributed by atoms with Gasteiger partial charge in [0.2, 0.25) is 0 Å². The number of aliphatic hydroxyl groups excluding tert-OH is 1. The molecule has 0 heterocycles. The molecule has 0 saturated heterocycles. The summed E-state index contributed by atoms with van der Waals surface area (Å²) >= 11 is 0. The fourth-order valence-electron chi connectivity index (χ4n) is 3.48. The summed E-state index contributed by atoms with van der Waals surface area (Å²) in [4.78, 5) is 2.49. The summed E-state index contributed by atoms with van der Waals surface area (Å²) in [5, 5.41) is 12.3. The lowest BCUT2D eigenvalue weighted by molar-refractivity contribution is 0.155. The molecule has 0 aliphatic heterocycles. The molecular weight excluding hydrogens is 236 g/mol. The summed E-state index contributed by atoms with van der Waals surface area (Å²) in [6.07, 6.45) is 8.80. The number of hydrogen-bond donors (Lipinski definition) is 2. The average molecular weight is 270 g/mol. The number of aliphatic hydroxyl groups is 1. The van der Waals surface area contributed by atoms with E-state index in [1.807, 2.05) is 0 Å². The molecule has 0 amide bonds. The molecule has 1 fully saturated rings. The van der Waals surface area contributed by atoms with E-state index in [-0.39, 0.29) is 0 Å². The van der Waals surface area contributed by atoms with Crippen LogP contribution in [0.25, 0.3) is 0 Å². The zero-order chi connectivity index (χ0) is 14.1. The van der Waals surface area contributed by atoms with Crippen LogP contribution in [0, 0.1) is 11.8 Å². The second kappa shape index (κ2) is 9.73. The van der Waals surface area contributed by atoms with Crippen LogP contribution >= 0.6 is 0 Å². The van der Waals surface area contributed by atoms with Crippen molar-refractivity contribution >= 4 is 0 Å². The Morgan fingerprint density at radius 1 is 1.21 bits per heavy atom. The van der Waals surface area contributed by atoms with Crippen LogP contribution in [-0.4, -0.2) is 49.8 Å². The molecule has 1 rings (SSSR count). The minimum Gasteiger partial charge on any atom is -0.396 e. The molecule has 2 N–H and O–H groups in total. The van der Waals surface area contributed by atoms with E-state index in [9.17, 15) is 0 Å². The van der Waals surface area contributed by atoms with E-state index in [1.54, 1.807) is 0 Å². The predicted octanol–water partition coefficient (Wildman–Crippen LogP) is 2.50. The average Bonchev–Trinajstić information content (AvgIpc) is 2.43. The topological polar surface area (TPSA) is 35.5 Å². The Bertz CT molecular complexity index is 223. The summed E-state index contributed by atoms with van der Waals surface area (Å²) < 4.78 is 0. The smallest absolute Gasteiger partial charge is 0.0431 e. The van der Waals surface area contributed by atoms with Gasteiger partial charge in [-0.15, -0.1) is 0 Å². The number of hydrogen-bond acceptors (Lipinski definition) is 3. The molecule has 0 aromatic carbocycles. The molecule has 114 valence electrons. The third kappa shape index (κ3) is 6.24. The van der Waals surface area contributed by atoms with E-state index in [0.29, 0.717) is 12.6 Å². The zero-order valence-electron chi connectivity index (χ0n) is 13.2. The highest BCUT2D eigenvalue weighted by Gasteiger charge is 2.29. The van der Waals surface area contributed by atoms with Crippen molar-refractivity contribution in [2.45, 2.75) is 57.9 Å². The van der Waals surface area contributed by atoms with Crippen molar-refractivity contribution in [3.63, 3.8) is 0 Å². The molecular formula is C16H34N2O. The lowest BCUT2D eigenvalue weighted by Gasteiger charge is -2.38. The Hall–Kier alpha value is -0.120. The molecule has 0 spiro atoms. The lowest BCUT2D eigenvalue weighted by Crippen LogP contribution is -2.44. The van der Waals surface area contributed by atoms with Crippen LogP contribution in [0.1, 0.15) is 51.9 Å². The minimum absolute atomic E-state index is 0.340. The Kier molecular flexibility index (Phi) is 8.67. The quantitative estimate of drug-likeness (QED) is 0.632. The molecule has 3 heteroatoms. The highest BCUT2D eigenvalue weighted by atomic mass is 16.2. The normalized spacial score (nSPS) is 27.9. The largest absolute Gasteiger partial charge is 0.396 e. The van der Waals surface area contributed by atoms with Crippen LogP contribution in [0.3, 0.4) is 0 Å². The van der Waals surface area contributed by atoms with Crippen molar-refractivity contribution in [3.8, 4) is 0 Å². The molecule has 19 heavy (non-hydrogen) atoms. The van der Waals surface area contributed by atoms with E-state index in [0.717, 1.165) is 24.7 Å². The van der Waals surface area contributed by atoms with E-state index < -0.39 is 0 Å². The SMILES string of the molecule is CCC1CCC(NC)C(CN(C)CCCCCO)C1. The maximum atomic E-state index is 8.79. The Morgan fingerprint density at radius 2 is 2.00 bits per heavy atom. The van der Waals surface area contributed by atoms with Crippen LogP contribution in [0.4, 0.5) is 0 Å². The van der Waals surface area contributed by atoms with Crippen molar-refractivity contribution in [3.05, 3.63) is 0 Å². The molecule has 3 atom stereocenters. The van der Waals surface area contributed by atoms with Gasteiger partial charge in [0.15, 0.2) is 0 Å². The Morgan fingerprint density at radius 3 is 2.63 bits per heavy atom. The third-order valence-corrected chi connectivity index (χ3v) is 4.78. The second-order valence-electron chi connectivity index (χ2n) is 6.29. The van der Waals surface area contributed by atoms with Gasteiger partial charge in [0.05, 0.1) is 0 Å². The van der Waals surface area contributed by atoms with Crippen molar-refractivity contribution in [1.29, 1.82) is 0 Å². The van der Waals surface area contributed by atoms with Gasteiger partial charge < -0.3 is 15.3 Å². The maximum Gasteiger partial charge on any atom is 0.0431 e. The highest BCUT2D eigenvalue weighted by Crippen LogP contribution is 2.31. The molecule has 1 saturated carbocycles. The molecule has 0 aromatic heterocycles. The number of unbranched alkanes of at least 4 members (excludes halogenated alkanes) is 2. The fourth-order valence-corrected chi connectivity index (χ4v) is 3.48. The molecule has 0 radical (unpaired) electrons. The van der Waals surface area contributed by atoms with Crippen LogP contribution < -0.4 is 5.32 Å². The van der Waals surface area contributed by atoms with Crippen molar-refractivity contribution < 1.29 is 5.11 Å². The number of nitrogens with one attached hydrogen (secondary N) is 1. The Labute approximate surface area is 119 Å². The monoisotopic (exact) mass is 270 g/mol. The van der Waals surface area contributed by atoms with Gasteiger partial charge in [-0.1, -0.05) is 13.3 Å². The van der Waals surface area contributed by atoms with E-state index in [4.69, 9.17) is 5.11 Å². The minimum atomic E-state index is 0.340. The molecule has 1 aliphatic rings. The highest BCUT2D eigenvalue weighted by molar-refractivity contribution is 4.85. The summed E-state index contributed by atoms with van der Waals surface area (Å²) in [5.41, 5.74) is 0. The number of rotatable bonds is 9. The molecule has 0 bridgehead atoms. The molecule has 0 aromatic rings. The van der Waals surface area contributed by atoms with Gasteiger partial charge in [0.1, 0.15) is 0 Å². The van der Waals surface area contributed by atoms with Gasteiger partial charge in [0, 0.05) is 19.2 Å². The number of nitrogens with zero attached hydrogens (tertiary/aromatic N) is 1. The summed E-state index contributed by atoms with van der Waals surface area (Å²) in [6.45, 7) is 5.07. The van der Waals surface area contributed by atoms with Crippen molar-refractivity contribution in [1.82, 2.24) is 10.2 Å². The maximum absolute atomic E-state index is 8.79. The third-order valence-electron chi connectivity index (χ3n) is 4.78. The van der Waals surface area contributed by atoms with Crippen molar-refractivity contribution in [2.75, 3.05) is 33.8 Å². The first kappa shape index (κ1) is 16.9. The second-order valence-corrected chi connectivity index (χ2v) is 6.29. The first-order valence-electron chi connectivity index (χ1n) is 8.17. The molecule has 1 aliphatic carbocycles. The van der Waals surface area contributed by atoms with E-state index >= 15 is 0 Å². The summed E-state index contributed by atoms with van der Waals surface area (Å²) in [5.74, 6) is 1.75. The Balaban J connectivity index is 2.30. The van der Waals surface area contributed by atoms with Gasteiger partial charge in [-0.05, 0) is 71.0 Å². The predicted molar refractivity (Wildman–Crippen MR) is 82.4 cm³/mol. The van der Waals surface area contributed by atoms with E-state index in [1.165, 1.54) is 45.2 Å². The molecule has 3 unspecified atom stereocenters. The lowest BCUT2D eigenvalue weighted by atomic mass is 9.76. The first-order chi connectivity index (χ1) is 9.21. The zero-order valence-corrected chi connectivity index (χ0v) is 13.2. The van der Waals surface area contributed by atoms with Crippen LogP contribution in [0.15, 0.2) is 0 Å². The first-order valence-corrected chi connectivity index (χ1v) is 8.17. The van der Waals surface area contributed by atoms with Gasteiger partial charge in [0.25, 0.3) is 0 Å². The van der Waals surface area contributed by atoms with Gasteiger partial charge in [-0.2, -0.15) is 0 Å².